The number of aliphatic hydroxyl groups excluding tert-OH is 1. The van der Waals surface area contributed by atoms with Crippen LogP contribution in [0, 0.1) is 0 Å². The summed E-state index contributed by atoms with van der Waals surface area (Å²) < 4.78 is 25.1. The van der Waals surface area contributed by atoms with Crippen molar-refractivity contribution >= 4 is 24.5 Å². The molecule has 0 saturated heterocycles. The average Bonchev–Trinajstić information content (AvgIpc) is 2.18. The molecule has 0 spiro atoms. The van der Waals surface area contributed by atoms with Crippen molar-refractivity contribution in [2.45, 2.75) is 0 Å². The molecular weight excluding hydrogens is 251 g/mol. The summed E-state index contributed by atoms with van der Waals surface area (Å²) in [7, 11) is 0. The van der Waals surface area contributed by atoms with E-state index in [2.05, 4.69) is 3.73 Å². The summed E-state index contributed by atoms with van der Waals surface area (Å²) >= 11 is -4.77. The van der Waals surface area contributed by atoms with E-state index < -0.39 is 26.7 Å². The molecule has 0 aliphatic carbocycles. The summed E-state index contributed by atoms with van der Waals surface area (Å²) in [5.74, 6) is -1.10. The molecule has 5 nitrogen and oxygen atoms in total. The molecule has 0 aromatic heterocycles. The quantitative estimate of drug-likeness (QED) is 0.666. The molecule has 0 bridgehead atoms. The van der Waals surface area contributed by atoms with Gasteiger partial charge in [0.1, 0.15) is 0 Å². The van der Waals surface area contributed by atoms with Crippen LogP contribution in [-0.4, -0.2) is 36.0 Å². The summed E-state index contributed by atoms with van der Waals surface area (Å²) in [5, 5.41) is 8.35. The number of hydrogen-bond donors (Lipinski definition) is 2. The van der Waals surface area contributed by atoms with Gasteiger partial charge in [0.05, 0.1) is 0 Å². The fraction of sp³-hybridized carbons (Fsp3) is 0.125. The van der Waals surface area contributed by atoms with Crippen molar-refractivity contribution in [1.82, 2.24) is 0 Å². The van der Waals surface area contributed by atoms with E-state index in [4.69, 9.17) is 5.11 Å². The van der Waals surface area contributed by atoms with Crippen LogP contribution in [0.25, 0.3) is 0 Å². The van der Waals surface area contributed by atoms with Gasteiger partial charge in [-0.1, -0.05) is 0 Å². The maximum absolute atomic E-state index is 11.4. The van der Waals surface area contributed by atoms with Crippen molar-refractivity contribution in [3.05, 3.63) is 30.3 Å². The van der Waals surface area contributed by atoms with Crippen molar-refractivity contribution in [1.29, 1.82) is 0 Å². The summed E-state index contributed by atoms with van der Waals surface area (Å²) in [4.78, 5) is 10.6. The average molecular weight is 260 g/mol. The second kappa shape index (κ2) is 4.46. The Kier molecular flexibility index (Phi) is 3.52. The molecular formula is C8H9AsO5. The second-order valence-corrected chi connectivity index (χ2v) is 6.13. The molecule has 1 aromatic carbocycles. The van der Waals surface area contributed by atoms with Gasteiger partial charge < -0.3 is 0 Å². The molecule has 0 amide bonds. The molecule has 0 fully saturated rings. The molecule has 1 rings (SSSR count). The molecule has 0 aliphatic heterocycles. The van der Waals surface area contributed by atoms with Crippen molar-refractivity contribution in [3.63, 3.8) is 0 Å². The number of rotatable bonds is 3. The van der Waals surface area contributed by atoms with E-state index in [-0.39, 0.29) is 4.35 Å². The fourth-order valence-electron chi connectivity index (χ4n) is 0.836. The Morgan fingerprint density at radius 3 is 2.43 bits per heavy atom. The van der Waals surface area contributed by atoms with Crippen molar-refractivity contribution in [2.24, 2.45) is 0 Å². The van der Waals surface area contributed by atoms with Crippen LogP contribution in [0.4, 0.5) is 0 Å². The third kappa shape index (κ3) is 2.73. The molecule has 6 heteroatoms. The van der Waals surface area contributed by atoms with Gasteiger partial charge in [-0.15, -0.1) is 0 Å². The Morgan fingerprint density at radius 2 is 1.93 bits per heavy atom. The van der Waals surface area contributed by atoms with Gasteiger partial charge in [-0.2, -0.15) is 0 Å². The fourth-order valence-corrected chi connectivity index (χ4v) is 2.91. The van der Waals surface area contributed by atoms with E-state index in [9.17, 15) is 12.6 Å². The number of benzene rings is 1. The molecule has 1 aromatic rings. The molecule has 0 aliphatic rings. The summed E-state index contributed by atoms with van der Waals surface area (Å²) in [6, 6.07) is 7.58. The zero-order valence-electron chi connectivity index (χ0n) is 7.16. The van der Waals surface area contributed by atoms with Gasteiger partial charge in [-0.25, -0.2) is 0 Å². The second-order valence-electron chi connectivity index (χ2n) is 2.48. The first-order valence-corrected chi connectivity index (χ1v) is 7.09. The predicted molar refractivity (Wildman–Crippen MR) is 47.9 cm³/mol. The standard InChI is InChI=1S/C8H9AsO5/c10-6-8(11)14-9(12,13)7-4-2-1-3-5-7/h1-5,10H,6H2,(H,12,13). The number of carbonyl (C=O) groups is 1. The minimum atomic E-state index is -4.77. The van der Waals surface area contributed by atoms with Crippen molar-refractivity contribution in [3.8, 4) is 0 Å². The number of aliphatic hydroxyl groups is 1. The van der Waals surface area contributed by atoms with Crippen molar-refractivity contribution < 1.29 is 21.5 Å². The van der Waals surface area contributed by atoms with Crippen LogP contribution >= 0.6 is 0 Å². The SMILES string of the molecule is O=C(CO)O[As](=O)(O)c1ccccc1. The monoisotopic (exact) mass is 260 g/mol. The van der Waals surface area contributed by atoms with Gasteiger partial charge in [0.25, 0.3) is 0 Å². The Labute approximate surface area is 83.3 Å². The molecule has 0 heterocycles. The summed E-state index contributed by atoms with van der Waals surface area (Å²) in [6.45, 7) is -0.904. The third-order valence-corrected chi connectivity index (χ3v) is 4.38. The van der Waals surface area contributed by atoms with Crippen LogP contribution in [-0.2, 0) is 12.3 Å². The van der Waals surface area contributed by atoms with Crippen molar-refractivity contribution in [2.75, 3.05) is 6.61 Å². The molecule has 0 saturated carbocycles. The topological polar surface area (TPSA) is 83.8 Å². The zero-order valence-corrected chi connectivity index (χ0v) is 9.04. The van der Waals surface area contributed by atoms with Gasteiger partial charge in [-0.3, -0.25) is 0 Å². The summed E-state index contributed by atoms with van der Waals surface area (Å²) in [6.07, 6.45) is 0. The molecule has 1 atom stereocenters. The van der Waals surface area contributed by atoms with E-state index in [1.807, 2.05) is 0 Å². The van der Waals surface area contributed by atoms with Crippen LogP contribution in [0.2, 0.25) is 0 Å². The van der Waals surface area contributed by atoms with E-state index in [0.717, 1.165) is 0 Å². The Bertz CT molecular complexity index is 361. The zero-order chi connectivity index (χ0) is 10.6. The first-order chi connectivity index (χ1) is 6.56. The van der Waals surface area contributed by atoms with Crippen LogP contribution in [0.5, 0.6) is 0 Å². The van der Waals surface area contributed by atoms with Gasteiger partial charge in [0, 0.05) is 0 Å². The maximum atomic E-state index is 11.4. The van der Waals surface area contributed by atoms with Crippen LogP contribution in [0.1, 0.15) is 0 Å². The van der Waals surface area contributed by atoms with E-state index in [1.165, 1.54) is 12.1 Å². The van der Waals surface area contributed by atoms with E-state index in [1.54, 1.807) is 18.2 Å². The predicted octanol–water partition coefficient (Wildman–Crippen LogP) is -1.21. The molecule has 14 heavy (non-hydrogen) atoms. The Morgan fingerprint density at radius 1 is 1.36 bits per heavy atom. The van der Waals surface area contributed by atoms with Crippen LogP contribution < -0.4 is 4.35 Å². The molecule has 1 unspecified atom stereocenters. The molecule has 0 radical (unpaired) electrons. The minimum absolute atomic E-state index is 0.0763. The van der Waals surface area contributed by atoms with Crippen LogP contribution in [0.3, 0.4) is 0 Å². The van der Waals surface area contributed by atoms with E-state index in [0.29, 0.717) is 0 Å². The van der Waals surface area contributed by atoms with Gasteiger partial charge in [-0.05, 0) is 0 Å². The first kappa shape index (κ1) is 11.0. The summed E-state index contributed by atoms with van der Waals surface area (Å²) in [5.41, 5.74) is 0. The van der Waals surface area contributed by atoms with Crippen LogP contribution in [0.15, 0.2) is 30.3 Å². The van der Waals surface area contributed by atoms with Gasteiger partial charge >= 0.3 is 82.9 Å². The number of carbonyl (C=O) groups excluding carboxylic acids is 1. The normalized spacial score (nSPS) is 14.4. The first-order valence-electron chi connectivity index (χ1n) is 3.78. The Balaban J connectivity index is 2.86. The molecule has 2 N–H and O–H groups in total. The van der Waals surface area contributed by atoms with E-state index >= 15 is 0 Å². The van der Waals surface area contributed by atoms with Gasteiger partial charge in [0.15, 0.2) is 0 Å². The van der Waals surface area contributed by atoms with Gasteiger partial charge in [0.2, 0.25) is 0 Å². The third-order valence-electron chi connectivity index (χ3n) is 1.44. The Hall–Kier alpha value is -1.03. The number of hydrogen-bond acceptors (Lipinski definition) is 4. The molecule has 76 valence electrons.